The third-order valence-corrected chi connectivity index (χ3v) is 14.9. The number of allylic oxidation sites excluding steroid dienone is 1. The van der Waals surface area contributed by atoms with Gasteiger partial charge in [-0.15, -0.1) is 0 Å². The van der Waals surface area contributed by atoms with Crippen molar-refractivity contribution in [1.29, 1.82) is 0 Å². The van der Waals surface area contributed by atoms with Crippen molar-refractivity contribution in [3.63, 3.8) is 0 Å². The quantitative estimate of drug-likeness (QED) is 0.184. The minimum atomic E-state index is -1.14. The molecule has 0 aliphatic carbocycles. The summed E-state index contributed by atoms with van der Waals surface area (Å²) in [7, 11) is 0. The smallest absolute Gasteiger partial charge is 0.171 e. The molecule has 96 valence electrons. The molecular formula is C6H3Br6Cl2IO. The molecule has 0 heterocycles. The molecule has 0 unspecified atom stereocenters. The molecule has 0 aromatic carbocycles. The van der Waals surface area contributed by atoms with Crippen molar-refractivity contribution >= 4 is 141 Å². The van der Waals surface area contributed by atoms with Gasteiger partial charge in [0.1, 0.15) is 6.47 Å². The number of hydrogen-bond acceptors (Lipinski definition) is 1. The molecule has 0 saturated carbocycles. The topological polar surface area (TPSA) is 20.2 Å². The molecule has 0 rings (SSSR count). The van der Waals surface area contributed by atoms with Gasteiger partial charge in [-0.1, -0.05) is 110 Å². The van der Waals surface area contributed by atoms with Crippen molar-refractivity contribution in [3.05, 3.63) is 9.15 Å². The molecule has 0 amide bonds. The first-order chi connectivity index (χ1) is 6.91. The van der Waals surface area contributed by atoms with Gasteiger partial charge in [-0.2, -0.15) is 0 Å². The summed E-state index contributed by atoms with van der Waals surface area (Å²) < 4.78 is -2.29. The van der Waals surface area contributed by atoms with Crippen LogP contribution in [0.5, 0.6) is 0 Å². The molecule has 1 N–H and O–H groups in total. The molecule has 0 aliphatic heterocycles. The average molecular weight is 768 g/mol. The van der Waals surface area contributed by atoms with Gasteiger partial charge < -0.3 is 5.11 Å². The van der Waals surface area contributed by atoms with Crippen LogP contribution in [-0.2, 0) is 0 Å². The zero-order chi connectivity index (χ0) is 13.4. The first-order valence-corrected chi connectivity index (χ1v) is 10.4. The summed E-state index contributed by atoms with van der Waals surface area (Å²) in [4.78, 5) is 0. The lowest BCUT2D eigenvalue weighted by Gasteiger charge is -2.41. The Morgan fingerprint density at radius 3 is 1.75 bits per heavy atom. The van der Waals surface area contributed by atoms with E-state index in [9.17, 15) is 5.11 Å². The highest BCUT2D eigenvalue weighted by molar-refractivity contribution is 14.1. The molecule has 0 aromatic heterocycles. The van der Waals surface area contributed by atoms with Crippen molar-refractivity contribution in [2.45, 2.75) is 10.8 Å². The maximum atomic E-state index is 9.42. The van der Waals surface area contributed by atoms with Gasteiger partial charge in [0, 0.05) is 4.43 Å². The Morgan fingerprint density at radius 1 is 1.12 bits per heavy atom. The van der Waals surface area contributed by atoms with E-state index in [-0.39, 0.29) is 4.67 Å². The molecule has 0 spiro atoms. The predicted molar refractivity (Wildman–Crippen MR) is 102 cm³/mol. The second kappa shape index (κ2) is 7.13. The molecular weight excluding hydrogens is 765 g/mol. The molecule has 10 heteroatoms. The van der Waals surface area contributed by atoms with Crippen molar-refractivity contribution in [3.8, 4) is 0 Å². The van der Waals surface area contributed by atoms with Crippen molar-refractivity contribution in [2.75, 3.05) is 4.43 Å². The maximum absolute atomic E-state index is 9.42. The van der Waals surface area contributed by atoms with E-state index >= 15 is 0 Å². The minimum absolute atomic E-state index is 0.0814. The number of halogens is 9. The standard InChI is InChI=1S/C6H3Br6Cl2IO/c7-2(3(8)16)5(9,10)6(11,12)4(13,14)1-15/h16H,1H2. The van der Waals surface area contributed by atoms with Crippen LogP contribution in [0.25, 0.3) is 0 Å². The molecule has 0 aliphatic rings. The van der Waals surface area contributed by atoms with Crippen molar-refractivity contribution in [1.82, 2.24) is 0 Å². The van der Waals surface area contributed by atoms with E-state index < -0.39 is 10.8 Å². The molecule has 16 heavy (non-hydrogen) atoms. The fourth-order valence-electron chi connectivity index (χ4n) is 0.581. The van der Waals surface area contributed by atoms with Crippen LogP contribution in [0, 0.1) is 0 Å². The Bertz CT molecular complexity index is 301. The van der Waals surface area contributed by atoms with Crippen LogP contribution >= 0.6 is 141 Å². The maximum Gasteiger partial charge on any atom is 0.171 e. The molecule has 0 radical (unpaired) electrons. The second-order valence-electron chi connectivity index (χ2n) is 2.59. The van der Waals surface area contributed by atoms with Gasteiger partial charge in [0.15, 0.2) is 9.00 Å². The summed E-state index contributed by atoms with van der Waals surface area (Å²) >= 11 is 34.3. The fourth-order valence-corrected chi connectivity index (χ4v) is 6.33. The lowest BCUT2D eigenvalue weighted by Crippen LogP contribution is -2.49. The monoisotopic (exact) mass is 761 g/mol. The first-order valence-electron chi connectivity index (χ1n) is 3.36. The fraction of sp³-hybridized carbons (Fsp3) is 0.667. The van der Waals surface area contributed by atoms with Crippen LogP contribution in [0.1, 0.15) is 0 Å². The Balaban J connectivity index is 5.56. The summed E-state index contributed by atoms with van der Waals surface area (Å²) in [6.07, 6.45) is 0. The minimum Gasteiger partial charge on any atom is -0.501 e. The summed E-state index contributed by atoms with van der Waals surface area (Å²) in [5, 5.41) is 9.42. The Kier molecular flexibility index (Phi) is 8.80. The summed E-state index contributed by atoms with van der Waals surface area (Å²) in [5.74, 6) is 0. The Morgan fingerprint density at radius 2 is 1.50 bits per heavy atom. The highest BCUT2D eigenvalue weighted by Crippen LogP contribution is 2.63. The number of aliphatic hydroxyl groups excluding tert-OH is 1. The van der Waals surface area contributed by atoms with E-state index in [4.69, 9.17) is 23.2 Å². The predicted octanol–water partition coefficient (Wildman–Crippen LogP) is 7.08. The lowest BCUT2D eigenvalue weighted by molar-refractivity contribution is 0.455. The van der Waals surface area contributed by atoms with E-state index in [1.54, 1.807) is 0 Å². The summed E-state index contributed by atoms with van der Waals surface area (Å²) in [6, 6.07) is 0. The van der Waals surface area contributed by atoms with Crippen LogP contribution in [0.2, 0.25) is 0 Å². The Hall–Kier alpha value is 3.73. The third kappa shape index (κ3) is 4.11. The lowest BCUT2D eigenvalue weighted by atomic mass is 10.2. The van der Waals surface area contributed by atoms with Crippen molar-refractivity contribution < 1.29 is 5.11 Å². The SMILES string of the molecule is OC(Br)=C(Br)C(Br)(Br)C(Br)(Br)C(Cl)(Cl)CI. The largest absolute Gasteiger partial charge is 0.501 e. The zero-order valence-corrected chi connectivity index (χ0v) is 20.2. The molecule has 0 bridgehead atoms. The van der Waals surface area contributed by atoms with Gasteiger partial charge in [-0.25, -0.2) is 0 Å². The third-order valence-electron chi connectivity index (χ3n) is 1.48. The first kappa shape index (κ1) is 19.7. The van der Waals surface area contributed by atoms with Gasteiger partial charge >= 0.3 is 0 Å². The van der Waals surface area contributed by atoms with Gasteiger partial charge in [-0.3, -0.25) is 0 Å². The number of alkyl halides is 7. The molecule has 0 aromatic rings. The van der Waals surface area contributed by atoms with Crippen LogP contribution < -0.4 is 0 Å². The highest BCUT2D eigenvalue weighted by atomic mass is 127. The van der Waals surface area contributed by atoms with Gasteiger partial charge in [0.2, 0.25) is 0 Å². The number of aliphatic hydroxyl groups is 1. The normalized spacial score (nSPS) is 16.1. The number of hydrogen-bond donors (Lipinski definition) is 1. The van der Waals surface area contributed by atoms with E-state index in [2.05, 4.69) is 118 Å². The van der Waals surface area contributed by atoms with E-state index in [1.807, 2.05) is 0 Å². The second-order valence-corrected chi connectivity index (χ2v) is 13.3. The highest BCUT2D eigenvalue weighted by Gasteiger charge is 2.59. The van der Waals surface area contributed by atoms with E-state index in [0.717, 1.165) is 0 Å². The molecule has 1 nitrogen and oxygen atoms in total. The van der Waals surface area contributed by atoms with Crippen LogP contribution in [-0.4, -0.2) is 20.3 Å². The molecule has 0 saturated heterocycles. The zero-order valence-electron chi connectivity index (χ0n) is 7.06. The van der Waals surface area contributed by atoms with Crippen LogP contribution in [0.4, 0.5) is 0 Å². The Labute approximate surface area is 168 Å². The number of rotatable bonds is 4. The van der Waals surface area contributed by atoms with Crippen molar-refractivity contribution in [2.24, 2.45) is 0 Å². The summed E-state index contributed by atoms with van der Waals surface area (Å²) in [5.41, 5.74) is 0. The van der Waals surface area contributed by atoms with Gasteiger partial charge in [0.25, 0.3) is 0 Å². The van der Waals surface area contributed by atoms with Gasteiger partial charge in [0.05, 0.1) is 4.48 Å². The van der Waals surface area contributed by atoms with E-state index in [0.29, 0.717) is 8.91 Å². The van der Waals surface area contributed by atoms with Gasteiger partial charge in [-0.05, 0) is 31.9 Å². The molecule has 0 fully saturated rings. The van der Waals surface area contributed by atoms with E-state index in [1.165, 1.54) is 0 Å². The van der Waals surface area contributed by atoms with Crippen LogP contribution in [0.15, 0.2) is 9.15 Å². The summed E-state index contributed by atoms with van der Waals surface area (Å²) in [6.45, 7) is 0. The van der Waals surface area contributed by atoms with Crippen LogP contribution in [0.3, 0.4) is 0 Å². The molecule has 0 atom stereocenters. The average Bonchev–Trinajstić information content (AvgIpc) is 2.15.